The highest BCUT2D eigenvalue weighted by Gasteiger charge is 2.13. The van der Waals surface area contributed by atoms with Crippen molar-refractivity contribution in [3.05, 3.63) is 40.7 Å². The van der Waals surface area contributed by atoms with E-state index in [9.17, 15) is 0 Å². The first kappa shape index (κ1) is 12.5. The van der Waals surface area contributed by atoms with E-state index >= 15 is 0 Å². The molecule has 3 nitrogen and oxygen atoms in total. The first-order valence-corrected chi connectivity index (χ1v) is 7.12. The van der Waals surface area contributed by atoms with E-state index in [1.54, 1.807) is 0 Å². The van der Waals surface area contributed by atoms with Gasteiger partial charge >= 0.3 is 0 Å². The average molecular weight is 276 g/mol. The molecule has 0 radical (unpaired) electrons. The quantitative estimate of drug-likeness (QED) is 0.832. The fraction of sp³-hybridized carbons (Fsp3) is 0.400. The Balaban J connectivity index is 1.91. The summed E-state index contributed by atoms with van der Waals surface area (Å²) in [7, 11) is 0. The summed E-state index contributed by atoms with van der Waals surface area (Å²) in [5.41, 5.74) is 4.24. The van der Waals surface area contributed by atoms with Crippen molar-refractivity contribution in [2.24, 2.45) is 0 Å². The van der Waals surface area contributed by atoms with Crippen LogP contribution < -0.4 is 4.90 Å². The summed E-state index contributed by atoms with van der Waals surface area (Å²) in [6, 6.07) is 8.57. The Morgan fingerprint density at radius 1 is 1.00 bits per heavy atom. The van der Waals surface area contributed by atoms with E-state index in [2.05, 4.69) is 34.3 Å². The van der Waals surface area contributed by atoms with E-state index < -0.39 is 0 Å². The standard InChI is InChI=1S/C15H18ClN3/c1-11-15(16)12(2)19(17-11)14-7-5-13(6-8-14)18-9-3-4-10-18/h5-8H,3-4,9-10H2,1-2H3. The lowest BCUT2D eigenvalue weighted by atomic mass is 10.2. The second kappa shape index (κ2) is 4.89. The Kier molecular flexibility index (Phi) is 3.23. The third-order valence-corrected chi connectivity index (χ3v) is 4.32. The number of hydrogen-bond donors (Lipinski definition) is 0. The molecule has 1 aliphatic heterocycles. The van der Waals surface area contributed by atoms with Gasteiger partial charge in [-0.3, -0.25) is 0 Å². The van der Waals surface area contributed by atoms with Crippen LogP contribution in [0.3, 0.4) is 0 Å². The van der Waals surface area contributed by atoms with Gasteiger partial charge in [-0.2, -0.15) is 5.10 Å². The van der Waals surface area contributed by atoms with Crippen molar-refractivity contribution in [3.8, 4) is 5.69 Å². The van der Waals surface area contributed by atoms with Crippen molar-refractivity contribution in [2.45, 2.75) is 26.7 Å². The molecular formula is C15H18ClN3. The molecule has 1 aromatic carbocycles. The Morgan fingerprint density at radius 3 is 2.11 bits per heavy atom. The van der Waals surface area contributed by atoms with Crippen molar-refractivity contribution >= 4 is 17.3 Å². The predicted molar refractivity (Wildman–Crippen MR) is 79.5 cm³/mol. The molecule has 0 unspecified atom stereocenters. The van der Waals surface area contributed by atoms with E-state index in [1.807, 2.05) is 18.5 Å². The number of rotatable bonds is 2. The third-order valence-electron chi connectivity index (χ3n) is 3.77. The molecule has 3 rings (SSSR count). The minimum Gasteiger partial charge on any atom is -0.372 e. The first-order valence-electron chi connectivity index (χ1n) is 6.74. The summed E-state index contributed by atoms with van der Waals surface area (Å²) in [6.07, 6.45) is 2.60. The van der Waals surface area contributed by atoms with Crippen LogP contribution in [-0.4, -0.2) is 22.9 Å². The van der Waals surface area contributed by atoms with Gasteiger partial charge in [-0.05, 0) is 51.0 Å². The fourth-order valence-corrected chi connectivity index (χ4v) is 2.77. The number of hydrogen-bond acceptors (Lipinski definition) is 2. The fourth-order valence-electron chi connectivity index (χ4n) is 2.66. The Labute approximate surface area is 118 Å². The molecule has 0 aliphatic carbocycles. The van der Waals surface area contributed by atoms with Crippen molar-refractivity contribution in [1.82, 2.24) is 9.78 Å². The minimum absolute atomic E-state index is 0.753. The zero-order valence-corrected chi connectivity index (χ0v) is 12.1. The zero-order valence-electron chi connectivity index (χ0n) is 11.4. The third kappa shape index (κ3) is 2.23. The van der Waals surface area contributed by atoms with Crippen LogP contribution >= 0.6 is 11.6 Å². The van der Waals surface area contributed by atoms with Gasteiger partial charge in [-0.15, -0.1) is 0 Å². The Bertz CT molecular complexity index is 580. The first-order chi connectivity index (χ1) is 9.16. The Morgan fingerprint density at radius 2 is 1.58 bits per heavy atom. The predicted octanol–water partition coefficient (Wildman–Crippen LogP) is 3.74. The number of aryl methyl sites for hydroxylation is 1. The molecule has 1 fully saturated rings. The maximum atomic E-state index is 6.19. The van der Waals surface area contributed by atoms with Crippen LogP contribution in [-0.2, 0) is 0 Å². The van der Waals surface area contributed by atoms with Crippen LogP contribution in [0, 0.1) is 13.8 Å². The summed E-state index contributed by atoms with van der Waals surface area (Å²) < 4.78 is 1.91. The summed E-state index contributed by atoms with van der Waals surface area (Å²) in [6.45, 7) is 6.28. The van der Waals surface area contributed by atoms with Gasteiger partial charge < -0.3 is 4.90 Å². The molecule has 0 amide bonds. The van der Waals surface area contributed by atoms with Crippen LogP contribution in [0.15, 0.2) is 24.3 Å². The molecule has 0 atom stereocenters. The molecule has 2 aromatic rings. The molecule has 0 saturated carbocycles. The monoisotopic (exact) mass is 275 g/mol. The maximum absolute atomic E-state index is 6.19. The molecule has 100 valence electrons. The summed E-state index contributed by atoms with van der Waals surface area (Å²) in [4.78, 5) is 2.43. The highest BCUT2D eigenvalue weighted by molar-refractivity contribution is 6.31. The van der Waals surface area contributed by atoms with E-state index in [0.29, 0.717) is 0 Å². The van der Waals surface area contributed by atoms with Crippen LogP contribution in [0.1, 0.15) is 24.2 Å². The van der Waals surface area contributed by atoms with E-state index in [1.165, 1.54) is 31.6 Å². The molecular weight excluding hydrogens is 258 g/mol. The van der Waals surface area contributed by atoms with E-state index in [4.69, 9.17) is 11.6 Å². The lowest BCUT2D eigenvalue weighted by Crippen LogP contribution is -2.17. The van der Waals surface area contributed by atoms with Gasteiger partial charge in [0.05, 0.1) is 22.1 Å². The van der Waals surface area contributed by atoms with Crippen LogP contribution in [0.4, 0.5) is 5.69 Å². The normalized spacial score (nSPS) is 15.2. The summed E-state index contributed by atoms with van der Waals surface area (Å²) >= 11 is 6.19. The van der Waals surface area contributed by atoms with Crippen molar-refractivity contribution in [3.63, 3.8) is 0 Å². The lowest BCUT2D eigenvalue weighted by molar-refractivity contribution is 0.833. The number of anilines is 1. The molecule has 0 bridgehead atoms. The smallest absolute Gasteiger partial charge is 0.0848 e. The highest BCUT2D eigenvalue weighted by atomic mass is 35.5. The second-order valence-corrected chi connectivity index (χ2v) is 5.49. The van der Waals surface area contributed by atoms with Gasteiger partial charge in [-0.1, -0.05) is 11.6 Å². The van der Waals surface area contributed by atoms with Crippen molar-refractivity contribution < 1.29 is 0 Å². The SMILES string of the molecule is Cc1nn(-c2ccc(N3CCCC3)cc2)c(C)c1Cl. The van der Waals surface area contributed by atoms with E-state index in [0.717, 1.165) is 22.1 Å². The molecule has 4 heteroatoms. The summed E-state index contributed by atoms with van der Waals surface area (Å²) in [5.74, 6) is 0. The van der Waals surface area contributed by atoms with Crippen LogP contribution in [0.5, 0.6) is 0 Å². The number of halogens is 1. The average Bonchev–Trinajstić information content (AvgIpc) is 3.04. The van der Waals surface area contributed by atoms with Crippen molar-refractivity contribution in [1.29, 1.82) is 0 Å². The van der Waals surface area contributed by atoms with Gasteiger partial charge in [0.2, 0.25) is 0 Å². The molecule has 1 aliphatic rings. The number of nitrogens with zero attached hydrogens (tertiary/aromatic N) is 3. The maximum Gasteiger partial charge on any atom is 0.0848 e. The molecule has 19 heavy (non-hydrogen) atoms. The molecule has 1 saturated heterocycles. The number of aromatic nitrogens is 2. The zero-order chi connectivity index (χ0) is 13.4. The van der Waals surface area contributed by atoms with Gasteiger partial charge in [0.25, 0.3) is 0 Å². The van der Waals surface area contributed by atoms with Gasteiger partial charge in [0, 0.05) is 18.8 Å². The van der Waals surface area contributed by atoms with E-state index in [-0.39, 0.29) is 0 Å². The number of benzene rings is 1. The topological polar surface area (TPSA) is 21.1 Å². The van der Waals surface area contributed by atoms with Gasteiger partial charge in [-0.25, -0.2) is 4.68 Å². The Hall–Kier alpha value is -1.48. The van der Waals surface area contributed by atoms with Crippen LogP contribution in [0.25, 0.3) is 5.69 Å². The largest absolute Gasteiger partial charge is 0.372 e. The minimum atomic E-state index is 0.753. The van der Waals surface area contributed by atoms with Gasteiger partial charge in [0.1, 0.15) is 0 Å². The molecule has 1 aromatic heterocycles. The van der Waals surface area contributed by atoms with Crippen LogP contribution in [0.2, 0.25) is 5.02 Å². The molecule has 2 heterocycles. The molecule has 0 spiro atoms. The summed E-state index contributed by atoms with van der Waals surface area (Å²) in [5, 5.41) is 5.23. The van der Waals surface area contributed by atoms with Crippen molar-refractivity contribution in [2.75, 3.05) is 18.0 Å². The lowest BCUT2D eigenvalue weighted by Gasteiger charge is -2.17. The second-order valence-electron chi connectivity index (χ2n) is 5.11. The molecule has 0 N–H and O–H groups in total. The van der Waals surface area contributed by atoms with Gasteiger partial charge in [0.15, 0.2) is 0 Å². The highest BCUT2D eigenvalue weighted by Crippen LogP contribution is 2.25.